The molecule has 0 amide bonds. The molecule has 0 aromatic heterocycles. The number of allylic oxidation sites excluding steroid dienone is 8. The van der Waals surface area contributed by atoms with Gasteiger partial charge in [-0.1, -0.05) is 0 Å². The molecule has 4 atom stereocenters. The average molecular weight is 444 g/mol. The van der Waals surface area contributed by atoms with E-state index in [4.69, 9.17) is 0 Å². The third kappa shape index (κ3) is 3.12. The Labute approximate surface area is 169 Å². The molecule has 4 rings (SSSR count). The van der Waals surface area contributed by atoms with E-state index in [2.05, 4.69) is 52.9 Å². The molecule has 0 aliphatic heterocycles. The Morgan fingerprint density at radius 3 is 1.62 bits per heavy atom. The molecule has 2 heteroatoms. The van der Waals surface area contributed by atoms with Crippen molar-refractivity contribution in [3.8, 4) is 0 Å². The van der Waals surface area contributed by atoms with Gasteiger partial charge in [-0.2, -0.15) is 0 Å². The Hall–Kier alpha value is 0.0600. The summed E-state index contributed by atoms with van der Waals surface area (Å²) in [6.45, 7) is 15.3. The molecular weight excluding hydrogens is 408 g/mol. The van der Waals surface area contributed by atoms with E-state index in [-0.39, 0.29) is 5.43 Å². The summed E-state index contributed by atoms with van der Waals surface area (Å²) < 4.78 is 1.88. The summed E-state index contributed by atoms with van der Waals surface area (Å²) >= 11 is -1.66. The van der Waals surface area contributed by atoms with Crippen molar-refractivity contribution in [1.82, 2.24) is 0 Å². The first kappa shape index (κ1) is 19.4. The van der Waals surface area contributed by atoms with Crippen LogP contribution in [0.15, 0.2) is 45.6 Å². The first-order valence-corrected chi connectivity index (χ1v) is 19.9. The summed E-state index contributed by atoms with van der Waals surface area (Å²) in [4.78, 5) is 0. The van der Waals surface area contributed by atoms with Crippen molar-refractivity contribution in [2.45, 2.75) is 86.6 Å². The fourth-order valence-electron chi connectivity index (χ4n) is 6.34. The minimum atomic E-state index is -1.66. The van der Waals surface area contributed by atoms with Crippen LogP contribution in [0.25, 0.3) is 0 Å². The second-order valence-corrected chi connectivity index (χ2v) is 27.5. The number of rotatable bonds is 2. The van der Waals surface area contributed by atoms with Crippen molar-refractivity contribution in [1.29, 1.82) is 0 Å². The monoisotopic (exact) mass is 442 g/mol. The molecule has 0 aromatic rings. The quantitative estimate of drug-likeness (QED) is 0.386. The third-order valence-corrected chi connectivity index (χ3v) is 27.6. The first-order chi connectivity index (χ1) is 12.4. The maximum atomic E-state index is 2.68. The Bertz CT molecular complexity index is 725. The summed E-state index contributed by atoms with van der Waals surface area (Å²) in [5, 5.41) is 0. The third-order valence-electron chi connectivity index (χ3n) is 7.54. The van der Waals surface area contributed by atoms with Crippen LogP contribution in [-0.4, -0.2) is 5.43 Å². The molecule has 0 fully saturated rings. The van der Waals surface area contributed by atoms with Gasteiger partial charge in [0.15, 0.2) is 0 Å². The molecule has 0 saturated heterocycles. The van der Waals surface area contributed by atoms with Crippen LogP contribution in [0.5, 0.6) is 0 Å². The predicted octanol–water partition coefficient (Wildman–Crippen LogP) is 7.59. The van der Waals surface area contributed by atoms with Crippen molar-refractivity contribution in [3.05, 3.63) is 45.6 Å². The van der Waals surface area contributed by atoms with Crippen molar-refractivity contribution < 1.29 is 20.4 Å². The van der Waals surface area contributed by atoms with E-state index in [9.17, 15) is 0 Å². The molecule has 0 bridgehead atoms. The number of hydrogen-bond donors (Lipinski definition) is 0. The van der Waals surface area contributed by atoms with Crippen molar-refractivity contribution in [2.75, 3.05) is 0 Å². The van der Waals surface area contributed by atoms with Gasteiger partial charge in [0.2, 0.25) is 0 Å². The van der Waals surface area contributed by atoms with E-state index >= 15 is 0 Å². The molecule has 26 heavy (non-hydrogen) atoms. The van der Waals surface area contributed by atoms with Gasteiger partial charge in [0, 0.05) is 0 Å². The zero-order valence-electron chi connectivity index (χ0n) is 17.7. The summed E-state index contributed by atoms with van der Waals surface area (Å²) in [6.07, 6.45) is 13.8. The second-order valence-electron chi connectivity index (χ2n) is 9.65. The molecule has 0 nitrogen and oxygen atoms in total. The van der Waals surface area contributed by atoms with Crippen LogP contribution in [0, 0.1) is 11.8 Å². The molecule has 0 saturated carbocycles. The summed E-state index contributed by atoms with van der Waals surface area (Å²) in [7, 11) is 0. The molecule has 140 valence electrons. The predicted molar refractivity (Wildman–Crippen MR) is 113 cm³/mol. The van der Waals surface area contributed by atoms with E-state index in [0.29, 0.717) is 0 Å². The summed E-state index contributed by atoms with van der Waals surface area (Å²) in [6, 6.07) is 0. The van der Waals surface area contributed by atoms with E-state index in [1.807, 2.05) is 11.1 Å². The Balaban J connectivity index is 1.80. The van der Waals surface area contributed by atoms with Gasteiger partial charge in [-0.25, -0.2) is 0 Å². The maximum absolute atomic E-state index is 2.68. The van der Waals surface area contributed by atoms with E-state index < -0.39 is 20.4 Å². The van der Waals surface area contributed by atoms with Gasteiger partial charge in [-0.05, 0) is 0 Å². The zero-order chi connectivity index (χ0) is 18.6. The van der Waals surface area contributed by atoms with Gasteiger partial charge in [-0.3, -0.25) is 0 Å². The van der Waals surface area contributed by atoms with Crippen LogP contribution in [-0.2, 0) is 20.4 Å². The fraction of sp³-hybridized carbons (Fsp3) is 0.667. The Kier molecular flexibility index (Phi) is 5.57. The van der Waals surface area contributed by atoms with Gasteiger partial charge < -0.3 is 0 Å². The first-order valence-electron chi connectivity index (χ1n) is 10.9. The Morgan fingerprint density at radius 1 is 0.808 bits per heavy atom. The molecule has 0 spiro atoms. The SMILES string of the molecule is CC1=CC2=C(CCCC2C)[CH]1[Zr]([CH]1C(C)=CC2=C1CCCC2C)=[Si](C)C. The number of hydrogen-bond acceptors (Lipinski definition) is 0. The van der Waals surface area contributed by atoms with E-state index in [0.717, 1.165) is 19.1 Å². The van der Waals surface area contributed by atoms with Crippen molar-refractivity contribution in [3.63, 3.8) is 0 Å². The fourth-order valence-corrected chi connectivity index (χ4v) is 27.8. The van der Waals surface area contributed by atoms with E-state index in [1.165, 1.54) is 38.5 Å². The van der Waals surface area contributed by atoms with E-state index in [1.54, 1.807) is 22.3 Å². The Morgan fingerprint density at radius 2 is 1.23 bits per heavy atom. The van der Waals surface area contributed by atoms with Gasteiger partial charge >= 0.3 is 170 Å². The molecule has 4 aliphatic rings. The van der Waals surface area contributed by atoms with Gasteiger partial charge in [0.05, 0.1) is 0 Å². The second kappa shape index (κ2) is 7.47. The molecule has 0 radical (unpaired) electrons. The van der Waals surface area contributed by atoms with Crippen LogP contribution < -0.4 is 0 Å². The van der Waals surface area contributed by atoms with Gasteiger partial charge in [0.1, 0.15) is 0 Å². The summed E-state index contributed by atoms with van der Waals surface area (Å²) in [5.41, 5.74) is 10.8. The normalized spacial score (nSPS) is 33.8. The average Bonchev–Trinajstić information content (AvgIpc) is 3.09. The molecule has 0 aromatic carbocycles. The molecule has 4 aliphatic carbocycles. The zero-order valence-corrected chi connectivity index (χ0v) is 21.2. The summed E-state index contributed by atoms with van der Waals surface area (Å²) in [5.74, 6) is 1.63. The van der Waals surface area contributed by atoms with Crippen molar-refractivity contribution in [2.24, 2.45) is 11.8 Å². The topological polar surface area (TPSA) is 0 Å². The van der Waals surface area contributed by atoms with Gasteiger partial charge in [0.25, 0.3) is 0 Å². The standard InChI is InChI=1S/2C11H15.C2H6Si.Zr/c2*1-8-6-10-5-3-4-9(2)11(10)7-8;1-3-2;/h2*6-7,9H,3-5H2,1-2H3;1-2H3;. The van der Waals surface area contributed by atoms with Gasteiger partial charge in [-0.15, -0.1) is 0 Å². The molecular formula is C24H36SiZr. The van der Waals surface area contributed by atoms with Crippen LogP contribution >= 0.6 is 0 Å². The van der Waals surface area contributed by atoms with Crippen LogP contribution in [0.3, 0.4) is 0 Å². The van der Waals surface area contributed by atoms with Crippen LogP contribution in [0.1, 0.15) is 66.2 Å². The van der Waals surface area contributed by atoms with Crippen LogP contribution in [0.4, 0.5) is 0 Å². The molecule has 4 unspecified atom stereocenters. The van der Waals surface area contributed by atoms with Crippen LogP contribution in [0.2, 0.25) is 20.3 Å². The van der Waals surface area contributed by atoms with Crippen molar-refractivity contribution >= 4 is 5.43 Å². The molecule has 0 N–H and O–H groups in total. The minimum absolute atomic E-state index is 0.191. The molecule has 0 heterocycles.